The molecule has 0 bridgehead atoms. The summed E-state index contributed by atoms with van der Waals surface area (Å²) in [5, 5.41) is 1.41. The molecule has 11 nitrogen and oxygen atoms in total. The maximum Gasteiger partial charge on any atom is 0.295 e. The Kier molecular flexibility index (Phi) is 9.87. The Morgan fingerprint density at radius 1 is 0.755 bits per heavy atom. The second-order valence-electron chi connectivity index (χ2n) is 14.5. The van der Waals surface area contributed by atoms with Crippen molar-refractivity contribution in [3.8, 4) is 0 Å². The van der Waals surface area contributed by atoms with Gasteiger partial charge in [-0.2, -0.15) is 16.8 Å². The molecular formula is C38H41NO10S4. The van der Waals surface area contributed by atoms with Crippen molar-refractivity contribution >= 4 is 68.9 Å². The van der Waals surface area contributed by atoms with Crippen molar-refractivity contribution < 1.29 is 42.8 Å². The number of likely N-dealkylation sites (N-methyl/N-ethyl adjacent to an activating group) is 1. The number of anilines is 1. The van der Waals surface area contributed by atoms with Crippen LogP contribution < -0.4 is 4.90 Å². The molecule has 1 aliphatic heterocycles. The number of rotatable bonds is 9. The van der Waals surface area contributed by atoms with E-state index in [0.29, 0.717) is 30.2 Å². The molecule has 0 saturated heterocycles. The summed E-state index contributed by atoms with van der Waals surface area (Å²) >= 11 is 0. The molecule has 15 heteroatoms. The minimum atomic E-state index is -4.73. The van der Waals surface area contributed by atoms with Gasteiger partial charge < -0.3 is 4.90 Å². The van der Waals surface area contributed by atoms with E-state index in [0.717, 1.165) is 45.6 Å². The van der Waals surface area contributed by atoms with Gasteiger partial charge in [0.1, 0.15) is 9.79 Å². The van der Waals surface area contributed by atoms with Gasteiger partial charge in [-0.05, 0) is 89.2 Å². The molecule has 1 atom stereocenters. The van der Waals surface area contributed by atoms with Gasteiger partial charge in [0.25, 0.3) is 20.2 Å². The monoisotopic (exact) mass is 799 g/mol. The standard InChI is InChI=1S/C38H41NO10S4/c1-7-22-16-28-30(19-25(51(42)43)21-33(28)53(47,48)49)35-27(22)17-23(37(35,3)4)12-10-9-11-13-34-38(5,6)36-29-18-24(50(40)41)20-32(52(44,45)46)26(29)14-15-31(36)39(34)8-2/h9-16,18-21,34,50-51H,7-8,17H2,1-6H3,(H,44,45,46)(H,47,48,49)/b10-9+,13-11+,23-12-. The average molecular weight is 800 g/mol. The number of allylic oxidation sites excluding steroid dienone is 5. The van der Waals surface area contributed by atoms with Crippen molar-refractivity contribution in [1.82, 2.24) is 0 Å². The fourth-order valence-electron chi connectivity index (χ4n) is 8.36. The molecule has 0 aromatic heterocycles. The van der Waals surface area contributed by atoms with Crippen LogP contribution in [0.1, 0.15) is 63.8 Å². The first-order valence-electron chi connectivity index (χ1n) is 16.9. The fraction of sp³-hybridized carbons (Fsp3) is 0.316. The minimum absolute atomic E-state index is 0.198. The van der Waals surface area contributed by atoms with Crippen LogP contribution in [-0.2, 0) is 65.3 Å². The summed E-state index contributed by atoms with van der Waals surface area (Å²) in [6, 6.07) is 9.83. The molecule has 0 amide bonds. The number of nitrogens with zero attached hydrogens (tertiary/aromatic N) is 1. The van der Waals surface area contributed by atoms with E-state index >= 15 is 0 Å². The molecule has 1 aliphatic carbocycles. The fourth-order valence-corrected chi connectivity index (χ4v) is 10.9. The molecule has 0 fully saturated rings. The Labute approximate surface area is 313 Å². The third-order valence-electron chi connectivity index (χ3n) is 10.8. The Hall–Kier alpha value is -3.86. The van der Waals surface area contributed by atoms with Crippen molar-refractivity contribution in [2.45, 2.75) is 90.8 Å². The van der Waals surface area contributed by atoms with Gasteiger partial charge in [-0.15, -0.1) is 0 Å². The summed E-state index contributed by atoms with van der Waals surface area (Å²) in [7, 11) is -15.7. The molecule has 6 rings (SSSR count). The predicted octanol–water partition coefficient (Wildman–Crippen LogP) is 6.05. The molecule has 53 heavy (non-hydrogen) atoms. The predicted molar refractivity (Wildman–Crippen MR) is 207 cm³/mol. The number of fused-ring (bicyclic) bond motifs is 6. The first kappa shape index (κ1) is 38.9. The molecule has 0 saturated carbocycles. The van der Waals surface area contributed by atoms with Gasteiger partial charge in [-0.25, -0.2) is 16.8 Å². The first-order chi connectivity index (χ1) is 24.6. The van der Waals surface area contributed by atoms with E-state index in [2.05, 4.69) is 4.90 Å². The minimum Gasteiger partial charge on any atom is -0.364 e. The summed E-state index contributed by atoms with van der Waals surface area (Å²) in [5.41, 5.74) is 4.14. The maximum atomic E-state index is 12.4. The van der Waals surface area contributed by atoms with Crippen LogP contribution in [0.2, 0.25) is 0 Å². The zero-order valence-corrected chi connectivity index (χ0v) is 33.4. The van der Waals surface area contributed by atoms with Gasteiger partial charge in [-0.1, -0.05) is 76.6 Å². The molecule has 2 aliphatic rings. The molecule has 0 radical (unpaired) electrons. The Balaban J connectivity index is 1.38. The van der Waals surface area contributed by atoms with E-state index in [1.54, 1.807) is 18.2 Å². The zero-order valence-electron chi connectivity index (χ0n) is 29.9. The second kappa shape index (κ2) is 13.5. The van der Waals surface area contributed by atoms with Crippen LogP contribution in [0.3, 0.4) is 0 Å². The molecule has 2 N–H and O–H groups in total. The summed E-state index contributed by atoms with van der Waals surface area (Å²) in [4.78, 5) is 0.853. The molecule has 0 spiro atoms. The van der Waals surface area contributed by atoms with Crippen LogP contribution in [0.4, 0.5) is 5.69 Å². The summed E-state index contributed by atoms with van der Waals surface area (Å²) < 4.78 is 118. The molecule has 4 aromatic carbocycles. The van der Waals surface area contributed by atoms with Crippen LogP contribution in [0, 0.1) is 0 Å². The van der Waals surface area contributed by atoms with Crippen LogP contribution in [-0.4, -0.2) is 55.4 Å². The van der Waals surface area contributed by atoms with Crippen LogP contribution in [0.25, 0.3) is 21.5 Å². The lowest BCUT2D eigenvalue weighted by atomic mass is 9.78. The van der Waals surface area contributed by atoms with Crippen molar-refractivity contribution in [2.75, 3.05) is 11.4 Å². The van der Waals surface area contributed by atoms with Crippen LogP contribution in [0.15, 0.2) is 98.0 Å². The summed E-state index contributed by atoms with van der Waals surface area (Å²) in [5.74, 6) is 0. The first-order valence-corrected chi connectivity index (χ1v) is 22.2. The average Bonchev–Trinajstić information content (AvgIpc) is 3.47. The van der Waals surface area contributed by atoms with Crippen molar-refractivity contribution in [2.24, 2.45) is 0 Å². The lowest BCUT2D eigenvalue weighted by molar-refractivity contribution is 0.480. The molecule has 1 heterocycles. The lowest BCUT2D eigenvalue weighted by Crippen LogP contribution is -2.39. The molecule has 4 aromatic rings. The Morgan fingerprint density at radius 2 is 1.32 bits per heavy atom. The van der Waals surface area contributed by atoms with E-state index in [9.17, 15) is 42.8 Å². The molecule has 282 valence electrons. The van der Waals surface area contributed by atoms with E-state index in [-0.39, 0.29) is 26.6 Å². The quantitative estimate of drug-likeness (QED) is 0.0880. The number of hydrogen-bond acceptors (Lipinski definition) is 9. The third-order valence-corrected chi connectivity index (χ3v) is 13.9. The lowest BCUT2D eigenvalue weighted by Gasteiger charge is -2.31. The number of hydrogen-bond donors (Lipinski definition) is 4. The maximum absolute atomic E-state index is 12.4. The number of aryl methyl sites for hydroxylation is 1. The van der Waals surface area contributed by atoms with Gasteiger partial charge in [-0.3, -0.25) is 9.11 Å². The summed E-state index contributed by atoms with van der Waals surface area (Å²) in [6.07, 6.45) is 10.9. The Morgan fingerprint density at radius 3 is 1.85 bits per heavy atom. The number of benzene rings is 4. The highest BCUT2D eigenvalue weighted by Gasteiger charge is 2.44. The van der Waals surface area contributed by atoms with Gasteiger partial charge >= 0.3 is 0 Å². The van der Waals surface area contributed by atoms with E-state index in [1.807, 2.05) is 71.9 Å². The van der Waals surface area contributed by atoms with Gasteiger partial charge in [0.15, 0.2) is 21.4 Å². The highest BCUT2D eigenvalue weighted by Crippen LogP contribution is 2.51. The zero-order chi connectivity index (χ0) is 39.0. The van der Waals surface area contributed by atoms with E-state index in [1.165, 1.54) is 12.1 Å². The Bertz CT molecular complexity index is 2700. The SMILES string of the molecule is CCc1cc2c(S(=O)(=O)O)cc([SH](=O)=O)cc2c2c1C/C(=C/C=C/C=C/C1N(CC)c3ccc4c(S(=O)(=O)O)cc([SH](=O)=O)cc4c3C1(C)C)C2(C)C. The topological polar surface area (TPSA) is 180 Å². The van der Waals surface area contributed by atoms with Gasteiger partial charge in [0, 0.05) is 33.8 Å². The highest BCUT2D eigenvalue weighted by atomic mass is 32.2. The van der Waals surface area contributed by atoms with Crippen LogP contribution >= 0.6 is 0 Å². The van der Waals surface area contributed by atoms with Gasteiger partial charge in [0.05, 0.1) is 15.8 Å². The van der Waals surface area contributed by atoms with Crippen LogP contribution in [0.5, 0.6) is 0 Å². The smallest absolute Gasteiger partial charge is 0.295 e. The molecule has 1 unspecified atom stereocenters. The molecular weight excluding hydrogens is 759 g/mol. The third kappa shape index (κ3) is 6.54. The van der Waals surface area contributed by atoms with Crippen molar-refractivity contribution in [1.29, 1.82) is 0 Å². The van der Waals surface area contributed by atoms with Gasteiger partial charge in [0.2, 0.25) is 0 Å². The van der Waals surface area contributed by atoms with Crippen molar-refractivity contribution in [3.63, 3.8) is 0 Å². The van der Waals surface area contributed by atoms with E-state index < -0.39 is 62.3 Å². The summed E-state index contributed by atoms with van der Waals surface area (Å²) in [6.45, 7) is 12.6. The van der Waals surface area contributed by atoms with E-state index in [4.69, 9.17) is 0 Å². The van der Waals surface area contributed by atoms with Crippen molar-refractivity contribution in [3.05, 3.63) is 101 Å². The second-order valence-corrected chi connectivity index (χ2v) is 19.3. The normalized spacial score (nSPS) is 19.2. The largest absolute Gasteiger partial charge is 0.364 e. The number of thiol groups is 2. The highest BCUT2D eigenvalue weighted by molar-refractivity contribution is 7.86.